The zero-order chi connectivity index (χ0) is 14.7. The van der Waals surface area contributed by atoms with Crippen molar-refractivity contribution in [2.45, 2.75) is 0 Å². The summed E-state index contributed by atoms with van der Waals surface area (Å²) in [7, 11) is 0. The second kappa shape index (κ2) is 3.98. The van der Waals surface area contributed by atoms with Crippen molar-refractivity contribution in [3.63, 3.8) is 0 Å². The van der Waals surface area contributed by atoms with Gasteiger partial charge in [-0.05, 0) is 29.0 Å². The first-order valence-corrected chi connectivity index (χ1v) is 7.05. The minimum Gasteiger partial charge on any atom is -0.872 e. The van der Waals surface area contributed by atoms with E-state index in [0.717, 1.165) is 43.5 Å². The zero-order valence-corrected chi connectivity index (χ0v) is 11.5. The van der Waals surface area contributed by atoms with Crippen LogP contribution >= 0.6 is 0 Å². The molecule has 22 heavy (non-hydrogen) atoms. The molecule has 0 aliphatic heterocycles. The normalized spacial score (nSPS) is 11.8. The molecular weight excluding hydrogens is 276 g/mol. The van der Waals surface area contributed by atoms with Crippen molar-refractivity contribution in [1.29, 1.82) is 0 Å². The Morgan fingerprint density at radius 1 is 0.727 bits per heavy atom. The molecule has 0 N–H and O–H groups in total. The van der Waals surface area contributed by atoms with Crippen LogP contribution in [0.25, 0.3) is 43.5 Å². The molecular formula is C19H10O3. The second-order valence-corrected chi connectivity index (χ2v) is 5.43. The van der Waals surface area contributed by atoms with Gasteiger partial charge >= 0.3 is 11.2 Å². The lowest BCUT2D eigenvalue weighted by Crippen LogP contribution is -1.88. The molecule has 0 saturated heterocycles. The van der Waals surface area contributed by atoms with Gasteiger partial charge in [-0.3, -0.25) is 0 Å². The third kappa shape index (κ3) is 1.42. The van der Waals surface area contributed by atoms with E-state index in [4.69, 9.17) is 8.83 Å². The van der Waals surface area contributed by atoms with E-state index in [-0.39, 0.29) is 5.75 Å². The summed E-state index contributed by atoms with van der Waals surface area (Å²) < 4.78 is 11.4. The Labute approximate surface area is 125 Å². The summed E-state index contributed by atoms with van der Waals surface area (Å²) >= 11 is 0. The van der Waals surface area contributed by atoms with E-state index >= 15 is 0 Å². The fourth-order valence-corrected chi connectivity index (χ4v) is 3.12. The highest BCUT2D eigenvalue weighted by Crippen LogP contribution is 2.37. The standard InChI is InChI=1S/C19H10O3/c20-13-4-1-11-2-5-14-15-6-3-12-7-8-21-10-17(12)19(15)22-18(14)16(11)9-13/h1-10H. The van der Waals surface area contributed by atoms with Gasteiger partial charge in [0.05, 0.1) is 22.4 Å². The van der Waals surface area contributed by atoms with E-state index < -0.39 is 0 Å². The second-order valence-electron chi connectivity index (χ2n) is 5.43. The third-order valence-electron chi connectivity index (χ3n) is 4.18. The molecule has 0 unspecified atom stereocenters. The molecule has 0 bridgehead atoms. The summed E-state index contributed by atoms with van der Waals surface area (Å²) in [5.74, 6) is -0.0136. The molecule has 5 rings (SSSR count). The molecule has 0 aliphatic rings. The van der Waals surface area contributed by atoms with Crippen molar-refractivity contribution in [2.24, 2.45) is 0 Å². The van der Waals surface area contributed by atoms with Gasteiger partial charge in [0.1, 0.15) is 11.6 Å². The Balaban J connectivity index is 2.07. The monoisotopic (exact) mass is 286 g/mol. The Morgan fingerprint density at radius 2 is 1.41 bits per heavy atom. The van der Waals surface area contributed by atoms with Crippen molar-refractivity contribution < 1.29 is 13.9 Å². The van der Waals surface area contributed by atoms with Crippen molar-refractivity contribution in [1.82, 2.24) is 0 Å². The number of fused-ring (bicyclic) bond motifs is 7. The first kappa shape index (κ1) is 11.6. The predicted molar refractivity (Wildman–Crippen MR) is 84.9 cm³/mol. The minimum absolute atomic E-state index is 0.0136. The summed E-state index contributed by atoms with van der Waals surface area (Å²) in [5.41, 5.74) is 1.54. The van der Waals surface area contributed by atoms with Crippen molar-refractivity contribution >= 4 is 43.5 Å². The summed E-state index contributed by atoms with van der Waals surface area (Å²) in [6.07, 6.45) is 3.34. The number of hydrogen-bond acceptors (Lipinski definition) is 2. The molecule has 0 saturated carbocycles. The van der Waals surface area contributed by atoms with Crippen LogP contribution in [0.3, 0.4) is 0 Å². The molecule has 0 spiro atoms. The average Bonchev–Trinajstić information content (AvgIpc) is 2.94. The highest BCUT2D eigenvalue weighted by atomic mass is 16.3. The van der Waals surface area contributed by atoms with Gasteiger partial charge in [-0.1, -0.05) is 30.3 Å². The van der Waals surface area contributed by atoms with E-state index in [9.17, 15) is 5.11 Å². The van der Waals surface area contributed by atoms with Gasteiger partial charge in [-0.25, -0.2) is 4.42 Å². The quantitative estimate of drug-likeness (QED) is 0.383. The third-order valence-corrected chi connectivity index (χ3v) is 4.18. The van der Waals surface area contributed by atoms with Crippen LogP contribution in [0.5, 0.6) is 5.75 Å². The van der Waals surface area contributed by atoms with Crippen LogP contribution in [0.2, 0.25) is 0 Å². The van der Waals surface area contributed by atoms with Crippen LogP contribution in [0, 0.1) is 0 Å². The first-order chi connectivity index (χ1) is 10.8. The number of furan rings is 1. The molecule has 0 amide bonds. The Morgan fingerprint density at radius 3 is 2.23 bits per heavy atom. The smallest absolute Gasteiger partial charge is 0.372 e. The van der Waals surface area contributed by atoms with E-state index in [1.165, 1.54) is 0 Å². The SMILES string of the molecule is [O-]c1ccc2ccc3c4ccc5ccocc5c4[o+]c3c2c1. The van der Waals surface area contributed by atoms with Crippen LogP contribution in [-0.4, -0.2) is 0 Å². The minimum atomic E-state index is -0.0136. The molecule has 3 nitrogen and oxygen atoms in total. The summed E-state index contributed by atoms with van der Waals surface area (Å²) in [4.78, 5) is 0. The Kier molecular flexibility index (Phi) is 2.09. The zero-order valence-electron chi connectivity index (χ0n) is 11.5. The van der Waals surface area contributed by atoms with Gasteiger partial charge < -0.3 is 9.52 Å². The topological polar surface area (TPSA) is 47.5 Å². The van der Waals surface area contributed by atoms with Crippen molar-refractivity contribution in [3.8, 4) is 5.75 Å². The van der Waals surface area contributed by atoms with Gasteiger partial charge in [0.2, 0.25) is 0 Å². The first-order valence-electron chi connectivity index (χ1n) is 7.05. The predicted octanol–water partition coefficient (Wildman–Crippen LogP) is 4.84. The van der Waals surface area contributed by atoms with Gasteiger partial charge in [0.15, 0.2) is 0 Å². The molecule has 3 heteroatoms. The van der Waals surface area contributed by atoms with Crippen LogP contribution in [-0.2, 0) is 0 Å². The molecule has 2 heterocycles. The fraction of sp³-hybridized carbons (Fsp3) is 0. The van der Waals surface area contributed by atoms with Crippen LogP contribution in [0.15, 0.2) is 69.9 Å². The summed E-state index contributed by atoms with van der Waals surface area (Å²) in [6.45, 7) is 0. The van der Waals surface area contributed by atoms with Gasteiger partial charge in [0.25, 0.3) is 0 Å². The fourth-order valence-electron chi connectivity index (χ4n) is 3.12. The lowest BCUT2D eigenvalue weighted by molar-refractivity contribution is -0.268. The van der Waals surface area contributed by atoms with E-state index in [1.807, 2.05) is 24.3 Å². The molecule has 104 valence electrons. The van der Waals surface area contributed by atoms with Crippen LogP contribution < -0.4 is 5.11 Å². The Hall–Kier alpha value is -3.07. The van der Waals surface area contributed by atoms with Gasteiger partial charge in [-0.2, -0.15) is 0 Å². The maximum absolute atomic E-state index is 11.7. The van der Waals surface area contributed by atoms with E-state index in [0.29, 0.717) is 0 Å². The lowest BCUT2D eigenvalue weighted by atomic mass is 10.0. The summed E-state index contributed by atoms with van der Waals surface area (Å²) in [5, 5.41) is 17.6. The van der Waals surface area contributed by atoms with Gasteiger partial charge in [0, 0.05) is 0 Å². The molecule has 0 radical (unpaired) electrons. The van der Waals surface area contributed by atoms with Crippen LogP contribution in [0.4, 0.5) is 0 Å². The highest BCUT2D eigenvalue weighted by Gasteiger charge is 2.23. The molecule has 2 aromatic heterocycles. The number of rotatable bonds is 0. The van der Waals surface area contributed by atoms with Crippen molar-refractivity contribution in [2.75, 3.05) is 0 Å². The molecule has 0 fully saturated rings. The molecule has 0 aliphatic carbocycles. The summed E-state index contributed by atoms with van der Waals surface area (Å²) in [6, 6.07) is 15.1. The van der Waals surface area contributed by atoms with E-state index in [2.05, 4.69) is 12.1 Å². The van der Waals surface area contributed by atoms with Gasteiger partial charge in [-0.15, -0.1) is 5.75 Å². The largest absolute Gasteiger partial charge is 0.872 e. The maximum atomic E-state index is 11.7. The number of benzene rings is 3. The van der Waals surface area contributed by atoms with E-state index in [1.54, 1.807) is 24.7 Å². The molecule has 0 atom stereocenters. The maximum Gasteiger partial charge on any atom is 0.372 e. The molecule has 5 aromatic rings. The highest BCUT2D eigenvalue weighted by molar-refractivity contribution is 6.20. The Bertz CT molecular complexity index is 1190. The number of hydrogen-bond donors (Lipinski definition) is 0. The molecule has 3 aromatic carbocycles. The lowest BCUT2D eigenvalue weighted by Gasteiger charge is -2.03. The average molecular weight is 286 g/mol. The van der Waals surface area contributed by atoms with Crippen molar-refractivity contribution in [3.05, 3.63) is 61.1 Å². The van der Waals surface area contributed by atoms with Crippen LogP contribution in [0.1, 0.15) is 0 Å².